The van der Waals surface area contributed by atoms with Gasteiger partial charge in [0.05, 0.1) is 25.0 Å². The minimum atomic E-state index is -1.19. The summed E-state index contributed by atoms with van der Waals surface area (Å²) >= 11 is 0. The third-order valence-electron chi connectivity index (χ3n) is 4.74. The van der Waals surface area contributed by atoms with Crippen LogP contribution >= 0.6 is 0 Å². The number of rotatable bonds is 5. The molecule has 1 aliphatic heterocycles. The van der Waals surface area contributed by atoms with Crippen molar-refractivity contribution < 1.29 is 14.2 Å². The average Bonchev–Trinajstić information content (AvgIpc) is 3.26. The molecule has 1 saturated heterocycles. The summed E-state index contributed by atoms with van der Waals surface area (Å²) in [7, 11) is 1.53. The van der Waals surface area contributed by atoms with Gasteiger partial charge < -0.3 is 20.5 Å². The quantitative estimate of drug-likeness (QED) is 0.615. The highest BCUT2D eigenvalue weighted by Gasteiger charge is 2.27. The number of methoxy groups -OCH3 is 1. The van der Waals surface area contributed by atoms with Gasteiger partial charge in [-0.3, -0.25) is 0 Å². The van der Waals surface area contributed by atoms with Crippen molar-refractivity contribution in [3.63, 3.8) is 0 Å². The molecule has 1 unspecified atom stereocenters. The summed E-state index contributed by atoms with van der Waals surface area (Å²) in [6.45, 7) is 4.19. The van der Waals surface area contributed by atoms with Crippen molar-refractivity contribution in [2.75, 3.05) is 25.5 Å². The Hall–Kier alpha value is -2.78. The summed E-state index contributed by atoms with van der Waals surface area (Å²) in [5, 5.41) is 21.1. The Bertz CT molecular complexity index is 1000. The highest BCUT2D eigenvalue weighted by atomic mass is 19.1. The van der Waals surface area contributed by atoms with Crippen LogP contribution in [0.2, 0.25) is 0 Å². The lowest BCUT2D eigenvalue weighted by Gasteiger charge is -2.19. The Balaban J connectivity index is 1.74. The molecule has 0 aliphatic carbocycles. The predicted molar refractivity (Wildman–Crippen MR) is 103 cm³/mol. The number of nitrogens with one attached hydrogen (secondary N) is 2. The molecule has 0 bridgehead atoms. The van der Waals surface area contributed by atoms with Gasteiger partial charge in [0.15, 0.2) is 5.65 Å². The van der Waals surface area contributed by atoms with Crippen LogP contribution in [0.5, 0.6) is 5.75 Å². The number of aromatic nitrogens is 4. The fourth-order valence-corrected chi connectivity index (χ4v) is 3.29. The Kier molecular flexibility index (Phi) is 4.64. The van der Waals surface area contributed by atoms with Crippen molar-refractivity contribution in [3.8, 4) is 17.1 Å². The van der Waals surface area contributed by atoms with Gasteiger partial charge in [0.2, 0.25) is 0 Å². The van der Waals surface area contributed by atoms with Crippen LogP contribution in [-0.2, 0) is 5.60 Å². The minimum absolute atomic E-state index is 0.311. The second-order valence-corrected chi connectivity index (χ2v) is 7.37. The van der Waals surface area contributed by atoms with E-state index >= 15 is 0 Å². The Morgan fingerprint density at radius 1 is 1.36 bits per heavy atom. The molecule has 148 valence electrons. The van der Waals surface area contributed by atoms with E-state index in [4.69, 9.17) is 4.74 Å². The number of hydrogen-bond acceptors (Lipinski definition) is 7. The van der Waals surface area contributed by atoms with E-state index in [-0.39, 0.29) is 6.04 Å². The molecule has 28 heavy (non-hydrogen) atoms. The Labute approximate surface area is 161 Å². The molecule has 3 aromatic rings. The highest BCUT2D eigenvalue weighted by molar-refractivity contribution is 5.62. The number of aliphatic hydroxyl groups is 1. The molecule has 4 heterocycles. The molecular weight excluding hydrogens is 363 g/mol. The number of alkyl halides is 1. The topological polar surface area (TPSA) is 96.6 Å². The van der Waals surface area contributed by atoms with Crippen LogP contribution in [0.25, 0.3) is 17.0 Å². The van der Waals surface area contributed by atoms with Crippen LogP contribution in [0.3, 0.4) is 0 Å². The molecule has 3 N–H and O–H groups in total. The standard InChI is InChI=1S/C19H23FN6O2/c1-19(2,27)18-15(28-3)7-17-22-10-14(26(17)25-18)12-5-4-6-16(23-12)24-13-9-21-8-11(13)20/h4-7,10-11,13,21,27H,8-9H2,1-3H3,(H,23,24)/t11?,13-/m0/s1. The third-order valence-corrected chi connectivity index (χ3v) is 4.74. The molecule has 4 rings (SSSR count). The van der Waals surface area contributed by atoms with Gasteiger partial charge in [0.25, 0.3) is 0 Å². The summed E-state index contributed by atoms with van der Waals surface area (Å²) in [5.41, 5.74) is 1.08. The monoisotopic (exact) mass is 386 g/mol. The third kappa shape index (κ3) is 3.38. The maximum absolute atomic E-state index is 13.9. The summed E-state index contributed by atoms with van der Waals surface area (Å²) in [4.78, 5) is 8.98. The van der Waals surface area contributed by atoms with Crippen molar-refractivity contribution in [3.05, 3.63) is 36.2 Å². The summed E-state index contributed by atoms with van der Waals surface area (Å²) in [5.74, 6) is 1.04. The molecule has 1 aliphatic rings. The second-order valence-electron chi connectivity index (χ2n) is 7.37. The fraction of sp³-hybridized carbons (Fsp3) is 0.421. The van der Waals surface area contributed by atoms with E-state index in [0.29, 0.717) is 47.4 Å². The summed E-state index contributed by atoms with van der Waals surface area (Å²) < 4.78 is 20.8. The van der Waals surface area contributed by atoms with E-state index in [1.807, 2.05) is 12.1 Å². The average molecular weight is 386 g/mol. The molecule has 8 nitrogen and oxygen atoms in total. The lowest BCUT2D eigenvalue weighted by atomic mass is 10.0. The summed E-state index contributed by atoms with van der Waals surface area (Å²) in [6.07, 6.45) is 0.710. The van der Waals surface area contributed by atoms with Gasteiger partial charge in [-0.05, 0) is 26.0 Å². The van der Waals surface area contributed by atoms with Gasteiger partial charge in [-0.2, -0.15) is 5.10 Å². The molecule has 3 aromatic heterocycles. The van der Waals surface area contributed by atoms with Crippen molar-refractivity contribution in [1.29, 1.82) is 0 Å². The molecule has 0 saturated carbocycles. The number of anilines is 1. The van der Waals surface area contributed by atoms with Crippen LogP contribution in [-0.4, -0.2) is 57.1 Å². The number of fused-ring (bicyclic) bond motifs is 1. The van der Waals surface area contributed by atoms with Gasteiger partial charge in [-0.25, -0.2) is 18.9 Å². The zero-order chi connectivity index (χ0) is 19.9. The number of nitrogens with zero attached hydrogens (tertiary/aromatic N) is 4. The van der Waals surface area contributed by atoms with Crippen LogP contribution in [0.15, 0.2) is 30.5 Å². The second kappa shape index (κ2) is 6.99. The number of imidazole rings is 1. The maximum atomic E-state index is 13.9. The number of ether oxygens (including phenoxy) is 1. The Morgan fingerprint density at radius 3 is 2.86 bits per heavy atom. The van der Waals surface area contributed by atoms with E-state index in [1.54, 1.807) is 36.7 Å². The first kappa shape index (κ1) is 18.6. The number of hydrogen-bond donors (Lipinski definition) is 3. The van der Waals surface area contributed by atoms with Crippen LogP contribution in [0, 0.1) is 0 Å². The first-order valence-electron chi connectivity index (χ1n) is 9.11. The fourth-order valence-electron chi connectivity index (χ4n) is 3.29. The molecule has 0 aromatic carbocycles. The van der Waals surface area contributed by atoms with Gasteiger partial charge in [0, 0.05) is 19.2 Å². The van der Waals surface area contributed by atoms with Crippen molar-refractivity contribution >= 4 is 11.5 Å². The van der Waals surface area contributed by atoms with Crippen LogP contribution < -0.4 is 15.4 Å². The zero-order valence-electron chi connectivity index (χ0n) is 16.0. The van der Waals surface area contributed by atoms with Crippen LogP contribution in [0.1, 0.15) is 19.5 Å². The number of halogens is 1. The number of pyridine rings is 1. The van der Waals surface area contributed by atoms with E-state index in [2.05, 4.69) is 25.7 Å². The van der Waals surface area contributed by atoms with Gasteiger partial charge >= 0.3 is 0 Å². The maximum Gasteiger partial charge on any atom is 0.157 e. The molecule has 9 heteroatoms. The molecule has 1 fully saturated rings. The van der Waals surface area contributed by atoms with E-state index in [0.717, 1.165) is 0 Å². The van der Waals surface area contributed by atoms with E-state index in [1.165, 1.54) is 7.11 Å². The largest absolute Gasteiger partial charge is 0.495 e. The van der Waals surface area contributed by atoms with Crippen molar-refractivity contribution in [1.82, 2.24) is 24.9 Å². The first-order chi connectivity index (χ1) is 13.4. The van der Waals surface area contributed by atoms with Gasteiger partial charge in [-0.15, -0.1) is 0 Å². The summed E-state index contributed by atoms with van der Waals surface area (Å²) in [6, 6.07) is 6.90. The van der Waals surface area contributed by atoms with E-state index < -0.39 is 11.8 Å². The molecule has 0 radical (unpaired) electrons. The smallest absolute Gasteiger partial charge is 0.157 e. The molecule has 0 amide bonds. The SMILES string of the molecule is COc1cc2ncc(-c3cccc(N[C@H]4CNCC4F)n3)n2nc1C(C)(C)O. The van der Waals surface area contributed by atoms with Crippen molar-refractivity contribution in [2.24, 2.45) is 0 Å². The first-order valence-corrected chi connectivity index (χ1v) is 9.11. The zero-order valence-corrected chi connectivity index (χ0v) is 16.0. The van der Waals surface area contributed by atoms with Crippen molar-refractivity contribution in [2.45, 2.75) is 31.7 Å². The van der Waals surface area contributed by atoms with Gasteiger partial charge in [-0.1, -0.05) is 6.07 Å². The normalized spacial score (nSPS) is 19.9. The lowest BCUT2D eigenvalue weighted by molar-refractivity contribution is 0.0694. The highest BCUT2D eigenvalue weighted by Crippen LogP contribution is 2.30. The Morgan fingerprint density at radius 2 is 2.18 bits per heavy atom. The van der Waals surface area contributed by atoms with Gasteiger partial charge in [0.1, 0.15) is 34.7 Å². The molecule has 2 atom stereocenters. The van der Waals surface area contributed by atoms with Crippen LogP contribution in [0.4, 0.5) is 10.2 Å². The predicted octanol–water partition coefficient (Wildman–Crippen LogP) is 1.75. The molecule has 0 spiro atoms. The van der Waals surface area contributed by atoms with E-state index in [9.17, 15) is 9.50 Å². The molecular formula is C19H23FN6O2. The minimum Gasteiger partial charge on any atom is -0.495 e. The lowest BCUT2D eigenvalue weighted by Crippen LogP contribution is -2.29.